The second-order valence-electron chi connectivity index (χ2n) is 8.44. The normalized spacial score (nSPS) is 15.1. The van der Waals surface area contributed by atoms with E-state index < -0.39 is 0 Å². The Hall–Kier alpha value is -2.61. The highest BCUT2D eigenvalue weighted by atomic mass is 32.1. The van der Waals surface area contributed by atoms with Crippen LogP contribution in [0.5, 0.6) is 0 Å². The number of nitrogens with zero attached hydrogens (tertiary/aromatic N) is 2. The Balaban J connectivity index is 1.25. The number of hydrogen-bond donors (Lipinski definition) is 1. The van der Waals surface area contributed by atoms with Crippen molar-refractivity contribution in [2.45, 2.75) is 18.8 Å². The summed E-state index contributed by atoms with van der Waals surface area (Å²) in [6.45, 7) is 5.00. The average Bonchev–Trinajstić information content (AvgIpc) is 3.32. The Bertz CT molecular complexity index is 956. The number of piperazine rings is 1. The van der Waals surface area contributed by atoms with E-state index in [0.29, 0.717) is 6.54 Å². The Kier molecular flexibility index (Phi) is 8.20. The molecule has 3 aromatic rings. The second kappa shape index (κ2) is 11.5. The third-order valence-corrected chi connectivity index (χ3v) is 6.91. The van der Waals surface area contributed by atoms with E-state index in [2.05, 4.69) is 15.1 Å². The standard InChI is InChI=1S/C26H29F2N3OS/c27-22-9-5-20(6-10-22)24(21-7-11-23(28)12-8-21)3-1-13-30-14-16-31(17-15-30)19-25(32)29-26-4-2-18-33-26/h2,4-12,18,24H,1,3,13-17,19H2,(H,29,32). The Labute approximate surface area is 197 Å². The van der Waals surface area contributed by atoms with Crippen molar-refractivity contribution in [1.29, 1.82) is 0 Å². The maximum atomic E-state index is 13.4. The topological polar surface area (TPSA) is 35.6 Å². The number of anilines is 1. The summed E-state index contributed by atoms with van der Waals surface area (Å²) in [5, 5.41) is 5.78. The van der Waals surface area contributed by atoms with Gasteiger partial charge >= 0.3 is 0 Å². The Morgan fingerprint density at radius 3 is 2.00 bits per heavy atom. The first-order chi connectivity index (χ1) is 16.1. The largest absolute Gasteiger partial charge is 0.317 e. The highest BCUT2D eigenvalue weighted by Crippen LogP contribution is 2.30. The van der Waals surface area contributed by atoms with Crippen LogP contribution < -0.4 is 5.32 Å². The van der Waals surface area contributed by atoms with Crippen molar-refractivity contribution in [2.24, 2.45) is 0 Å². The molecule has 4 nitrogen and oxygen atoms in total. The fraction of sp³-hybridized carbons (Fsp3) is 0.346. The molecule has 7 heteroatoms. The Morgan fingerprint density at radius 2 is 1.45 bits per heavy atom. The van der Waals surface area contributed by atoms with Crippen LogP contribution in [0.1, 0.15) is 29.9 Å². The van der Waals surface area contributed by atoms with Gasteiger partial charge in [0.15, 0.2) is 0 Å². The van der Waals surface area contributed by atoms with Crippen LogP contribution in [0.4, 0.5) is 13.8 Å². The van der Waals surface area contributed by atoms with Crippen LogP contribution in [0.3, 0.4) is 0 Å². The average molecular weight is 470 g/mol. The molecule has 33 heavy (non-hydrogen) atoms. The first kappa shape index (κ1) is 23.5. The molecule has 0 spiro atoms. The fourth-order valence-electron chi connectivity index (χ4n) is 4.34. The number of carbonyl (C=O) groups is 1. The van der Waals surface area contributed by atoms with Crippen molar-refractivity contribution in [3.05, 3.63) is 88.8 Å². The summed E-state index contributed by atoms with van der Waals surface area (Å²) in [6, 6.07) is 17.1. The van der Waals surface area contributed by atoms with Gasteiger partial charge in [0.25, 0.3) is 0 Å². The van der Waals surface area contributed by atoms with Crippen LogP contribution in [0.15, 0.2) is 66.0 Å². The van der Waals surface area contributed by atoms with Crippen LogP contribution in [-0.4, -0.2) is 55.0 Å². The molecule has 1 aliphatic heterocycles. The number of carbonyl (C=O) groups excluding carboxylic acids is 1. The van der Waals surface area contributed by atoms with Gasteiger partial charge in [0.05, 0.1) is 11.5 Å². The minimum atomic E-state index is -0.251. The highest BCUT2D eigenvalue weighted by Gasteiger charge is 2.20. The van der Waals surface area contributed by atoms with E-state index in [4.69, 9.17) is 0 Å². The van der Waals surface area contributed by atoms with E-state index in [1.165, 1.54) is 35.6 Å². The molecule has 1 N–H and O–H groups in total. The molecule has 174 valence electrons. The molecule has 2 heterocycles. The molecule has 2 aromatic carbocycles. The summed E-state index contributed by atoms with van der Waals surface area (Å²) in [4.78, 5) is 16.8. The number of benzene rings is 2. The summed E-state index contributed by atoms with van der Waals surface area (Å²) in [5.74, 6) is -0.363. The highest BCUT2D eigenvalue weighted by molar-refractivity contribution is 7.14. The van der Waals surface area contributed by atoms with E-state index in [1.54, 1.807) is 0 Å². The zero-order chi connectivity index (χ0) is 23.0. The lowest BCUT2D eigenvalue weighted by molar-refractivity contribution is -0.117. The molecule has 1 fully saturated rings. The molecule has 0 unspecified atom stereocenters. The predicted octanol–water partition coefficient (Wildman–Crippen LogP) is 5.19. The lowest BCUT2D eigenvalue weighted by atomic mass is 9.87. The van der Waals surface area contributed by atoms with Gasteiger partial charge in [0, 0.05) is 32.1 Å². The molecule has 4 rings (SSSR count). The maximum absolute atomic E-state index is 13.4. The fourth-order valence-corrected chi connectivity index (χ4v) is 4.97. The molecule has 0 bridgehead atoms. The smallest absolute Gasteiger partial charge is 0.239 e. The zero-order valence-corrected chi connectivity index (χ0v) is 19.4. The number of halogens is 2. The molecule has 0 saturated carbocycles. The molecular weight excluding hydrogens is 440 g/mol. The predicted molar refractivity (Wildman–Crippen MR) is 130 cm³/mol. The van der Waals surface area contributed by atoms with Crippen molar-refractivity contribution < 1.29 is 13.6 Å². The van der Waals surface area contributed by atoms with Crippen molar-refractivity contribution in [3.63, 3.8) is 0 Å². The number of nitrogens with one attached hydrogen (secondary N) is 1. The molecule has 1 aromatic heterocycles. The van der Waals surface area contributed by atoms with E-state index >= 15 is 0 Å². The molecule has 1 aliphatic rings. The third-order valence-electron chi connectivity index (χ3n) is 6.13. The van der Waals surface area contributed by atoms with Gasteiger partial charge in [-0.2, -0.15) is 0 Å². The maximum Gasteiger partial charge on any atom is 0.239 e. The van der Waals surface area contributed by atoms with Crippen LogP contribution in [0.25, 0.3) is 0 Å². The van der Waals surface area contributed by atoms with Gasteiger partial charge < -0.3 is 10.2 Å². The first-order valence-corrected chi connectivity index (χ1v) is 12.2. The second-order valence-corrected chi connectivity index (χ2v) is 9.39. The molecule has 0 radical (unpaired) electrons. The van der Waals surface area contributed by atoms with E-state index in [0.717, 1.165) is 61.7 Å². The van der Waals surface area contributed by atoms with E-state index in [1.807, 2.05) is 41.8 Å². The van der Waals surface area contributed by atoms with Crippen LogP contribution in [0.2, 0.25) is 0 Å². The minimum absolute atomic E-state index is 0.0346. The Morgan fingerprint density at radius 1 is 0.879 bits per heavy atom. The van der Waals surface area contributed by atoms with Crippen LogP contribution >= 0.6 is 11.3 Å². The molecular formula is C26H29F2N3OS. The molecule has 1 saturated heterocycles. The van der Waals surface area contributed by atoms with Crippen molar-refractivity contribution in [1.82, 2.24) is 9.80 Å². The van der Waals surface area contributed by atoms with Gasteiger partial charge in [-0.1, -0.05) is 24.3 Å². The van der Waals surface area contributed by atoms with Gasteiger partial charge in [0.2, 0.25) is 5.91 Å². The quantitative estimate of drug-likeness (QED) is 0.468. The first-order valence-electron chi connectivity index (χ1n) is 11.4. The number of rotatable bonds is 9. The zero-order valence-electron chi connectivity index (χ0n) is 18.6. The number of amides is 1. The van der Waals surface area contributed by atoms with Crippen molar-refractivity contribution >= 4 is 22.2 Å². The van der Waals surface area contributed by atoms with Crippen molar-refractivity contribution in [2.75, 3.05) is 44.6 Å². The van der Waals surface area contributed by atoms with E-state index in [-0.39, 0.29) is 23.5 Å². The lowest BCUT2D eigenvalue weighted by Crippen LogP contribution is -2.48. The monoisotopic (exact) mass is 469 g/mol. The van der Waals surface area contributed by atoms with Crippen LogP contribution in [-0.2, 0) is 4.79 Å². The third kappa shape index (κ3) is 6.93. The summed E-state index contributed by atoms with van der Waals surface area (Å²) in [5.41, 5.74) is 2.09. The van der Waals surface area contributed by atoms with Gasteiger partial charge in [-0.05, 0) is 72.3 Å². The summed E-state index contributed by atoms with van der Waals surface area (Å²) < 4.78 is 26.8. The summed E-state index contributed by atoms with van der Waals surface area (Å²) >= 11 is 1.53. The summed E-state index contributed by atoms with van der Waals surface area (Å²) in [7, 11) is 0. The SMILES string of the molecule is O=C(CN1CCN(CCCC(c2ccc(F)cc2)c2ccc(F)cc2)CC1)Nc1cccs1. The van der Waals surface area contributed by atoms with Gasteiger partial charge in [0.1, 0.15) is 11.6 Å². The van der Waals surface area contributed by atoms with Gasteiger partial charge in [-0.3, -0.25) is 9.69 Å². The molecule has 0 aliphatic carbocycles. The van der Waals surface area contributed by atoms with E-state index in [9.17, 15) is 13.6 Å². The summed E-state index contributed by atoms with van der Waals surface area (Å²) in [6.07, 6.45) is 1.89. The van der Waals surface area contributed by atoms with Crippen molar-refractivity contribution in [3.8, 4) is 0 Å². The van der Waals surface area contributed by atoms with Gasteiger partial charge in [-0.15, -0.1) is 11.3 Å². The molecule has 0 atom stereocenters. The number of hydrogen-bond acceptors (Lipinski definition) is 4. The number of thiophene rings is 1. The minimum Gasteiger partial charge on any atom is -0.317 e. The lowest BCUT2D eigenvalue weighted by Gasteiger charge is -2.34. The molecule has 1 amide bonds. The van der Waals surface area contributed by atoms with Crippen LogP contribution in [0, 0.1) is 11.6 Å². The van der Waals surface area contributed by atoms with Gasteiger partial charge in [-0.25, -0.2) is 8.78 Å².